The minimum Gasteiger partial charge on any atom is -0.494 e. The van der Waals surface area contributed by atoms with Gasteiger partial charge in [0.15, 0.2) is 0 Å². The Bertz CT molecular complexity index is 1270. The molecule has 1 aromatic heterocycles. The number of carbonyl (C=O) groups is 1. The minimum atomic E-state index is -2.68. The third-order valence-corrected chi connectivity index (χ3v) is 7.18. The predicted octanol–water partition coefficient (Wildman–Crippen LogP) is 5.47. The van der Waals surface area contributed by atoms with Crippen molar-refractivity contribution in [3.05, 3.63) is 59.4 Å². The van der Waals surface area contributed by atoms with Crippen LogP contribution in [-0.4, -0.2) is 61.0 Å². The van der Waals surface area contributed by atoms with Crippen molar-refractivity contribution in [2.24, 2.45) is 0 Å². The van der Waals surface area contributed by atoms with Crippen molar-refractivity contribution in [3.8, 4) is 5.75 Å². The molecule has 0 saturated carbocycles. The normalized spacial score (nSPS) is 13.2. The fourth-order valence-corrected chi connectivity index (χ4v) is 5.50. The summed E-state index contributed by atoms with van der Waals surface area (Å²) in [5.74, 6) is 0.757. The lowest BCUT2D eigenvalue weighted by Crippen LogP contribution is -2.20. The van der Waals surface area contributed by atoms with E-state index in [2.05, 4.69) is 36.5 Å². The zero-order valence-electron chi connectivity index (χ0n) is 20.1. The van der Waals surface area contributed by atoms with Crippen LogP contribution in [0.5, 0.6) is 5.75 Å². The summed E-state index contributed by atoms with van der Waals surface area (Å²) in [5, 5.41) is 6.87. The zero-order chi connectivity index (χ0) is 25.4. The van der Waals surface area contributed by atoms with Crippen LogP contribution in [0.4, 0.5) is 17.2 Å². The Labute approximate surface area is 213 Å². The van der Waals surface area contributed by atoms with Crippen molar-refractivity contribution >= 4 is 57.3 Å². The summed E-state index contributed by atoms with van der Waals surface area (Å²) in [7, 11) is 0.676. The molecule has 186 valence electrons. The van der Waals surface area contributed by atoms with E-state index in [-0.39, 0.29) is 5.91 Å². The van der Waals surface area contributed by atoms with Crippen molar-refractivity contribution in [1.82, 2.24) is 14.9 Å². The molecule has 1 unspecified atom stereocenters. The van der Waals surface area contributed by atoms with E-state index >= 15 is 0 Å². The predicted molar refractivity (Wildman–Crippen MR) is 144 cm³/mol. The Balaban J connectivity index is 1.75. The van der Waals surface area contributed by atoms with Crippen LogP contribution in [0.15, 0.2) is 59.4 Å². The molecule has 0 saturated heterocycles. The number of methoxy groups -OCH3 is 1. The average molecular weight is 562 g/mol. The van der Waals surface area contributed by atoms with E-state index in [9.17, 15) is 9.36 Å². The summed E-state index contributed by atoms with van der Waals surface area (Å²) >= 11 is 3.47. The summed E-state index contributed by atoms with van der Waals surface area (Å²) in [6.07, 6.45) is 4.92. The van der Waals surface area contributed by atoms with Gasteiger partial charge in [0.2, 0.25) is 13.3 Å². The number of ether oxygens (including phenoxy) is 1. The van der Waals surface area contributed by atoms with Gasteiger partial charge in [0, 0.05) is 40.9 Å². The summed E-state index contributed by atoms with van der Waals surface area (Å²) < 4.78 is 24.0. The van der Waals surface area contributed by atoms with Crippen molar-refractivity contribution in [3.63, 3.8) is 0 Å². The molecule has 2 N–H and O–H groups in total. The Hall–Kier alpha value is -2.78. The summed E-state index contributed by atoms with van der Waals surface area (Å²) in [6.45, 7) is 4.27. The number of likely N-dealkylation sites (N-methyl/N-ethyl adjacent to an activating group) is 1. The fourth-order valence-electron chi connectivity index (χ4n) is 3.48. The monoisotopic (exact) mass is 561 g/mol. The van der Waals surface area contributed by atoms with Crippen molar-refractivity contribution in [1.29, 1.82) is 0 Å². The molecule has 1 atom stereocenters. The molecule has 0 aliphatic heterocycles. The highest BCUT2D eigenvalue weighted by Crippen LogP contribution is 2.42. The number of anilines is 3. The number of benzene rings is 2. The second-order valence-corrected chi connectivity index (χ2v) is 11.4. The van der Waals surface area contributed by atoms with Crippen LogP contribution >= 0.6 is 23.3 Å². The van der Waals surface area contributed by atoms with Crippen molar-refractivity contribution in [2.45, 2.75) is 6.92 Å². The minimum absolute atomic E-state index is 0.305. The number of nitrogens with zero attached hydrogens (tertiary/aromatic N) is 3. The first-order valence-electron chi connectivity index (χ1n) is 10.9. The number of halogens is 1. The van der Waals surface area contributed by atoms with E-state index in [0.717, 1.165) is 15.5 Å². The molecule has 1 amide bonds. The lowest BCUT2D eigenvalue weighted by molar-refractivity contribution is -0.111. The van der Waals surface area contributed by atoms with E-state index in [1.54, 1.807) is 24.9 Å². The van der Waals surface area contributed by atoms with Crippen molar-refractivity contribution in [2.75, 3.05) is 50.9 Å². The number of fused-ring (bicyclic) bond motifs is 1. The van der Waals surface area contributed by atoms with Gasteiger partial charge in [-0.3, -0.25) is 14.3 Å². The van der Waals surface area contributed by atoms with Gasteiger partial charge in [-0.05, 0) is 38.2 Å². The van der Waals surface area contributed by atoms with E-state index < -0.39 is 7.37 Å². The molecule has 11 heteroatoms. The highest BCUT2D eigenvalue weighted by atomic mass is 79.9. The first kappa shape index (κ1) is 26.8. The number of hydrogen-bond donors (Lipinski definition) is 2. The summed E-state index contributed by atoms with van der Waals surface area (Å²) in [5.41, 5.74) is 2.01. The molecule has 0 aliphatic rings. The van der Waals surface area contributed by atoms with Crippen LogP contribution in [0, 0.1) is 0 Å². The first-order valence-corrected chi connectivity index (χ1v) is 14.0. The highest BCUT2D eigenvalue weighted by Gasteiger charge is 2.17. The lowest BCUT2D eigenvalue weighted by Gasteiger charge is -2.19. The molecule has 3 rings (SSSR count). The molecular weight excluding hydrogens is 533 g/mol. The highest BCUT2D eigenvalue weighted by molar-refractivity contribution is 9.10. The maximum absolute atomic E-state index is 12.6. The van der Waals surface area contributed by atoms with E-state index in [0.29, 0.717) is 42.2 Å². The van der Waals surface area contributed by atoms with E-state index in [4.69, 9.17) is 9.26 Å². The van der Waals surface area contributed by atoms with Crippen LogP contribution in [0.3, 0.4) is 0 Å². The maximum Gasteiger partial charge on any atom is 0.248 e. The standard InChI is InChI=1S/C24H29BrN5O4P/c1-5-34-35(4,32)16-30(2)11-7-10-23(31)29-21-13-19-20(14-22(21)33-3)26-15-27-24(19)28-18-9-6-8-17(25)12-18/h6-10,12-15H,5,11,16H2,1-4H3,(H,29,31)(H,26,27,28)/b10-7+. The van der Waals surface area contributed by atoms with Gasteiger partial charge in [-0.1, -0.05) is 28.1 Å². The Morgan fingerprint density at radius 1 is 1.26 bits per heavy atom. The van der Waals surface area contributed by atoms with Gasteiger partial charge >= 0.3 is 0 Å². The Morgan fingerprint density at radius 2 is 2.06 bits per heavy atom. The second-order valence-electron chi connectivity index (χ2n) is 7.93. The van der Waals surface area contributed by atoms with Crippen LogP contribution < -0.4 is 15.4 Å². The number of carbonyl (C=O) groups excluding carboxylic acids is 1. The van der Waals surface area contributed by atoms with Crippen LogP contribution in [0.2, 0.25) is 0 Å². The molecule has 9 nitrogen and oxygen atoms in total. The van der Waals surface area contributed by atoms with Crippen LogP contribution in [0.1, 0.15) is 6.92 Å². The number of aromatic nitrogens is 2. The molecule has 0 aliphatic carbocycles. The molecular formula is C24H29BrN5O4P. The summed E-state index contributed by atoms with van der Waals surface area (Å²) in [6, 6.07) is 11.3. The zero-order valence-corrected chi connectivity index (χ0v) is 22.6. The van der Waals surface area contributed by atoms with Gasteiger partial charge in [0.1, 0.15) is 17.9 Å². The van der Waals surface area contributed by atoms with E-state index in [1.165, 1.54) is 19.5 Å². The van der Waals surface area contributed by atoms with Gasteiger partial charge < -0.3 is 19.9 Å². The Morgan fingerprint density at radius 3 is 2.77 bits per heavy atom. The van der Waals surface area contributed by atoms with Crippen molar-refractivity contribution < 1.29 is 18.6 Å². The van der Waals surface area contributed by atoms with Crippen LogP contribution in [0.25, 0.3) is 10.9 Å². The molecule has 1 heterocycles. The SMILES string of the molecule is CCOP(C)(=O)CN(C)C/C=C/C(=O)Nc1cc2c(Nc3cccc(Br)c3)ncnc2cc1OC. The van der Waals surface area contributed by atoms with Gasteiger partial charge in [0.25, 0.3) is 0 Å². The first-order chi connectivity index (χ1) is 16.7. The van der Waals surface area contributed by atoms with E-state index in [1.807, 2.05) is 43.1 Å². The van der Waals surface area contributed by atoms with Gasteiger partial charge in [0.05, 0.1) is 31.2 Å². The van der Waals surface area contributed by atoms with Gasteiger partial charge in [-0.15, -0.1) is 0 Å². The molecule has 3 aromatic rings. The molecule has 35 heavy (non-hydrogen) atoms. The van der Waals surface area contributed by atoms with Crippen LogP contribution in [-0.2, 0) is 13.9 Å². The smallest absolute Gasteiger partial charge is 0.248 e. The maximum atomic E-state index is 12.6. The number of rotatable bonds is 11. The quantitative estimate of drug-likeness (QED) is 0.234. The third-order valence-electron chi connectivity index (χ3n) is 4.89. The summed E-state index contributed by atoms with van der Waals surface area (Å²) in [4.78, 5) is 23.1. The average Bonchev–Trinajstić information content (AvgIpc) is 2.78. The Kier molecular flexibility index (Phi) is 9.40. The number of nitrogens with one attached hydrogen (secondary N) is 2. The molecule has 2 aromatic carbocycles. The topological polar surface area (TPSA) is 106 Å². The third kappa shape index (κ3) is 7.86. The molecule has 0 bridgehead atoms. The van der Waals surface area contributed by atoms with Gasteiger partial charge in [-0.2, -0.15) is 0 Å². The second kappa shape index (κ2) is 12.3. The lowest BCUT2D eigenvalue weighted by atomic mass is 10.2. The fraction of sp³-hybridized carbons (Fsp3) is 0.292. The van der Waals surface area contributed by atoms with Gasteiger partial charge in [-0.25, -0.2) is 9.97 Å². The molecule has 0 spiro atoms. The molecule has 0 fully saturated rings. The largest absolute Gasteiger partial charge is 0.494 e. The molecule has 0 radical (unpaired) electrons. The number of hydrogen-bond acceptors (Lipinski definition) is 8. The number of amides is 1.